The number of carbonyl (C=O) groups is 1. The van der Waals surface area contributed by atoms with Crippen LogP contribution in [0.1, 0.15) is 36.1 Å². The number of nitrogens with zero attached hydrogens (tertiary/aromatic N) is 2. The minimum atomic E-state index is -0.224. The Morgan fingerprint density at radius 3 is 2.81 bits per heavy atom. The molecule has 0 unspecified atom stereocenters. The van der Waals surface area contributed by atoms with Crippen molar-refractivity contribution in [2.75, 3.05) is 5.32 Å². The molecule has 0 saturated carbocycles. The predicted molar refractivity (Wildman–Crippen MR) is 82.4 cm³/mol. The molecule has 5 nitrogen and oxygen atoms in total. The molecule has 0 aliphatic heterocycles. The number of rotatable bonds is 3. The van der Waals surface area contributed by atoms with E-state index < -0.39 is 0 Å². The van der Waals surface area contributed by atoms with E-state index in [-0.39, 0.29) is 5.91 Å². The molecule has 0 saturated heterocycles. The molecule has 0 radical (unpaired) electrons. The Hall–Kier alpha value is -2.69. The minimum Gasteiger partial charge on any atom is -0.342 e. The van der Waals surface area contributed by atoms with Crippen molar-refractivity contribution in [2.24, 2.45) is 0 Å². The number of aromatic amines is 1. The number of fused-ring (bicyclic) bond motifs is 1. The summed E-state index contributed by atoms with van der Waals surface area (Å²) in [5, 5.41) is 2.84. The zero-order chi connectivity index (χ0) is 14.8. The Morgan fingerprint density at radius 1 is 1.24 bits per heavy atom. The molecule has 2 N–H and O–H groups in total. The van der Waals surface area contributed by atoms with E-state index in [1.54, 1.807) is 24.4 Å². The molecule has 1 amide bonds. The van der Waals surface area contributed by atoms with Crippen molar-refractivity contribution in [3.63, 3.8) is 0 Å². The second-order valence-corrected chi connectivity index (χ2v) is 5.18. The van der Waals surface area contributed by atoms with Gasteiger partial charge in [-0.05, 0) is 30.3 Å². The van der Waals surface area contributed by atoms with E-state index in [1.165, 1.54) is 0 Å². The lowest BCUT2D eigenvalue weighted by Gasteiger charge is -2.04. The van der Waals surface area contributed by atoms with E-state index in [0.29, 0.717) is 11.6 Å². The van der Waals surface area contributed by atoms with Crippen molar-refractivity contribution < 1.29 is 4.79 Å². The standard InChI is InChI=1S/C16H16N4O/c1-10(2)15-19-12-7-6-11(9-14(12)20-15)18-16(21)13-5-3-4-8-17-13/h3-10H,1-2H3,(H,18,21)(H,19,20). The van der Waals surface area contributed by atoms with Crippen LogP contribution in [0.2, 0.25) is 0 Å². The second-order valence-electron chi connectivity index (χ2n) is 5.18. The molecule has 0 aliphatic rings. The molecule has 3 aromatic rings. The summed E-state index contributed by atoms with van der Waals surface area (Å²) in [5.41, 5.74) is 2.93. The van der Waals surface area contributed by atoms with Gasteiger partial charge >= 0.3 is 0 Å². The highest BCUT2D eigenvalue weighted by Gasteiger charge is 2.09. The summed E-state index contributed by atoms with van der Waals surface area (Å²) in [5.74, 6) is 1.06. The normalized spacial score (nSPS) is 11.0. The molecule has 0 fully saturated rings. The fraction of sp³-hybridized carbons (Fsp3) is 0.188. The molecular weight excluding hydrogens is 264 g/mol. The molecule has 2 aromatic heterocycles. The highest BCUT2D eigenvalue weighted by molar-refractivity contribution is 6.03. The summed E-state index contributed by atoms with van der Waals surface area (Å²) < 4.78 is 0. The summed E-state index contributed by atoms with van der Waals surface area (Å²) in [6, 6.07) is 10.9. The monoisotopic (exact) mass is 280 g/mol. The Bertz CT molecular complexity index is 777. The van der Waals surface area contributed by atoms with E-state index in [0.717, 1.165) is 22.5 Å². The number of hydrogen-bond donors (Lipinski definition) is 2. The number of aromatic nitrogens is 3. The first-order valence-corrected chi connectivity index (χ1v) is 6.85. The van der Waals surface area contributed by atoms with Gasteiger partial charge in [0.1, 0.15) is 11.5 Å². The van der Waals surface area contributed by atoms with Gasteiger partial charge in [-0.15, -0.1) is 0 Å². The van der Waals surface area contributed by atoms with Gasteiger partial charge in [0, 0.05) is 17.8 Å². The maximum absolute atomic E-state index is 12.1. The Labute approximate surface area is 122 Å². The van der Waals surface area contributed by atoms with Crippen LogP contribution < -0.4 is 5.32 Å². The van der Waals surface area contributed by atoms with Crippen LogP contribution in [0.3, 0.4) is 0 Å². The van der Waals surface area contributed by atoms with Crippen LogP contribution in [0.25, 0.3) is 11.0 Å². The van der Waals surface area contributed by atoms with Crippen LogP contribution in [0.4, 0.5) is 5.69 Å². The maximum Gasteiger partial charge on any atom is 0.274 e. The smallest absolute Gasteiger partial charge is 0.274 e. The van der Waals surface area contributed by atoms with Crippen molar-refractivity contribution in [3.8, 4) is 0 Å². The Morgan fingerprint density at radius 2 is 2.10 bits per heavy atom. The van der Waals surface area contributed by atoms with Crippen molar-refractivity contribution in [1.82, 2.24) is 15.0 Å². The van der Waals surface area contributed by atoms with Gasteiger partial charge in [0.2, 0.25) is 0 Å². The summed E-state index contributed by atoms with van der Waals surface area (Å²) >= 11 is 0. The first-order valence-electron chi connectivity index (χ1n) is 6.85. The molecule has 0 spiro atoms. The van der Waals surface area contributed by atoms with Crippen LogP contribution in [0, 0.1) is 0 Å². The average molecular weight is 280 g/mol. The van der Waals surface area contributed by atoms with E-state index in [4.69, 9.17) is 0 Å². The van der Waals surface area contributed by atoms with Gasteiger partial charge in [-0.3, -0.25) is 9.78 Å². The first-order chi connectivity index (χ1) is 10.1. The number of hydrogen-bond acceptors (Lipinski definition) is 3. The summed E-state index contributed by atoms with van der Waals surface area (Å²) in [7, 11) is 0. The zero-order valence-electron chi connectivity index (χ0n) is 11.9. The van der Waals surface area contributed by atoms with Crippen molar-refractivity contribution in [1.29, 1.82) is 0 Å². The van der Waals surface area contributed by atoms with E-state index in [9.17, 15) is 4.79 Å². The van der Waals surface area contributed by atoms with Crippen molar-refractivity contribution >= 4 is 22.6 Å². The number of pyridine rings is 1. The fourth-order valence-corrected chi connectivity index (χ4v) is 2.07. The summed E-state index contributed by atoms with van der Waals surface area (Å²) in [4.78, 5) is 23.9. The molecule has 106 valence electrons. The number of carbonyl (C=O) groups excluding carboxylic acids is 1. The van der Waals surface area contributed by atoms with E-state index in [1.807, 2.05) is 18.2 Å². The van der Waals surface area contributed by atoms with Crippen LogP contribution >= 0.6 is 0 Å². The lowest BCUT2D eigenvalue weighted by molar-refractivity contribution is 0.102. The van der Waals surface area contributed by atoms with Crippen LogP contribution in [-0.2, 0) is 0 Å². The van der Waals surface area contributed by atoms with E-state index in [2.05, 4.69) is 34.1 Å². The first kappa shape index (κ1) is 13.3. The lowest BCUT2D eigenvalue weighted by atomic mass is 10.2. The van der Waals surface area contributed by atoms with Gasteiger partial charge in [-0.2, -0.15) is 0 Å². The van der Waals surface area contributed by atoms with Crippen LogP contribution in [0.15, 0.2) is 42.6 Å². The van der Waals surface area contributed by atoms with Crippen LogP contribution in [0.5, 0.6) is 0 Å². The Kier molecular flexibility index (Phi) is 3.39. The average Bonchev–Trinajstić information content (AvgIpc) is 2.91. The quantitative estimate of drug-likeness (QED) is 0.773. The summed E-state index contributed by atoms with van der Waals surface area (Å²) in [6.45, 7) is 4.17. The highest BCUT2D eigenvalue weighted by atomic mass is 16.1. The number of imidazole rings is 1. The SMILES string of the molecule is CC(C)c1nc2ccc(NC(=O)c3ccccn3)cc2[nH]1. The second kappa shape index (κ2) is 5.36. The number of nitrogens with one attached hydrogen (secondary N) is 2. The number of H-pyrrole nitrogens is 1. The highest BCUT2D eigenvalue weighted by Crippen LogP contribution is 2.20. The summed E-state index contributed by atoms with van der Waals surface area (Å²) in [6.07, 6.45) is 1.60. The molecule has 3 rings (SSSR count). The molecule has 5 heteroatoms. The minimum absolute atomic E-state index is 0.224. The molecule has 0 atom stereocenters. The van der Waals surface area contributed by atoms with Gasteiger partial charge in [-0.1, -0.05) is 19.9 Å². The van der Waals surface area contributed by atoms with Crippen LogP contribution in [-0.4, -0.2) is 20.9 Å². The number of amides is 1. The zero-order valence-corrected chi connectivity index (χ0v) is 11.9. The predicted octanol–water partition coefficient (Wildman–Crippen LogP) is 3.33. The van der Waals surface area contributed by atoms with Gasteiger partial charge < -0.3 is 10.3 Å². The lowest BCUT2D eigenvalue weighted by Crippen LogP contribution is -2.13. The molecule has 1 aromatic carbocycles. The number of anilines is 1. The third kappa shape index (κ3) is 2.76. The topological polar surface area (TPSA) is 70.7 Å². The Balaban J connectivity index is 1.86. The molecule has 21 heavy (non-hydrogen) atoms. The fourth-order valence-electron chi connectivity index (χ4n) is 2.07. The van der Waals surface area contributed by atoms with Crippen molar-refractivity contribution in [3.05, 3.63) is 54.1 Å². The van der Waals surface area contributed by atoms with Gasteiger partial charge in [-0.25, -0.2) is 4.98 Å². The van der Waals surface area contributed by atoms with Crippen molar-refractivity contribution in [2.45, 2.75) is 19.8 Å². The van der Waals surface area contributed by atoms with Gasteiger partial charge in [0.25, 0.3) is 5.91 Å². The third-order valence-corrected chi connectivity index (χ3v) is 3.20. The number of benzene rings is 1. The third-order valence-electron chi connectivity index (χ3n) is 3.20. The van der Waals surface area contributed by atoms with Gasteiger partial charge in [0.15, 0.2) is 0 Å². The molecule has 0 bridgehead atoms. The maximum atomic E-state index is 12.1. The molecule has 0 aliphatic carbocycles. The van der Waals surface area contributed by atoms with Gasteiger partial charge in [0.05, 0.1) is 11.0 Å². The molecular formula is C16H16N4O. The molecule has 2 heterocycles. The largest absolute Gasteiger partial charge is 0.342 e. The van der Waals surface area contributed by atoms with E-state index >= 15 is 0 Å².